The Bertz CT molecular complexity index is 539. The highest BCUT2D eigenvalue weighted by molar-refractivity contribution is 9.10. The van der Waals surface area contributed by atoms with E-state index in [9.17, 15) is 9.90 Å². The van der Waals surface area contributed by atoms with E-state index in [1.165, 1.54) is 0 Å². The third kappa shape index (κ3) is 1.89. The molecule has 0 saturated heterocycles. The second-order valence-corrected chi connectivity index (χ2v) is 3.56. The minimum atomic E-state index is -0.442. The number of rotatable bonds is 1. The van der Waals surface area contributed by atoms with Gasteiger partial charge in [-0.3, -0.25) is 9.78 Å². The van der Waals surface area contributed by atoms with Crippen LogP contribution in [0.25, 0.3) is 11.5 Å². The van der Waals surface area contributed by atoms with E-state index in [0.717, 1.165) is 0 Å². The molecule has 15 heavy (non-hydrogen) atoms. The molecule has 0 aliphatic heterocycles. The highest BCUT2D eigenvalue weighted by Crippen LogP contribution is 2.18. The Morgan fingerprint density at radius 1 is 1.40 bits per heavy atom. The van der Waals surface area contributed by atoms with E-state index >= 15 is 0 Å². The lowest BCUT2D eigenvalue weighted by Gasteiger charge is -2.00. The van der Waals surface area contributed by atoms with Crippen LogP contribution in [-0.4, -0.2) is 20.1 Å². The molecule has 0 radical (unpaired) electrons. The van der Waals surface area contributed by atoms with Gasteiger partial charge >= 0.3 is 0 Å². The second-order valence-electron chi connectivity index (χ2n) is 2.77. The van der Waals surface area contributed by atoms with Crippen LogP contribution in [0.2, 0.25) is 0 Å². The summed E-state index contributed by atoms with van der Waals surface area (Å²) < 4.78 is 0.0159. The summed E-state index contributed by atoms with van der Waals surface area (Å²) in [7, 11) is 0. The molecule has 0 aliphatic rings. The zero-order valence-electron chi connectivity index (χ0n) is 7.44. The molecule has 2 N–H and O–H groups in total. The Morgan fingerprint density at radius 2 is 2.20 bits per heavy atom. The van der Waals surface area contributed by atoms with Crippen LogP contribution in [0, 0.1) is 0 Å². The van der Waals surface area contributed by atoms with Gasteiger partial charge in [0.25, 0.3) is 5.56 Å². The van der Waals surface area contributed by atoms with Crippen LogP contribution in [0.4, 0.5) is 0 Å². The van der Waals surface area contributed by atoms with E-state index in [-0.39, 0.29) is 16.2 Å². The van der Waals surface area contributed by atoms with E-state index < -0.39 is 5.56 Å². The summed E-state index contributed by atoms with van der Waals surface area (Å²) in [6.45, 7) is 0. The molecule has 0 saturated carbocycles. The lowest BCUT2D eigenvalue weighted by molar-refractivity contribution is 0.448. The molecule has 0 aliphatic carbocycles. The Balaban J connectivity index is 2.61. The maximum absolute atomic E-state index is 11.3. The number of pyridine rings is 1. The molecule has 2 aromatic heterocycles. The Labute approximate surface area is 93.0 Å². The molecule has 76 valence electrons. The predicted octanol–water partition coefficient (Wildman–Crippen LogP) is 1.30. The maximum Gasteiger partial charge on any atom is 0.269 e. The van der Waals surface area contributed by atoms with Crippen LogP contribution >= 0.6 is 15.9 Å². The Morgan fingerprint density at radius 3 is 2.80 bits per heavy atom. The zero-order chi connectivity index (χ0) is 10.8. The van der Waals surface area contributed by atoms with Crippen LogP contribution < -0.4 is 5.56 Å². The predicted molar refractivity (Wildman–Crippen MR) is 57.5 cm³/mol. The summed E-state index contributed by atoms with van der Waals surface area (Å²) in [5.41, 5.74) is 0.0561. The topological polar surface area (TPSA) is 78.9 Å². The van der Waals surface area contributed by atoms with Crippen molar-refractivity contribution in [1.82, 2.24) is 15.0 Å². The van der Waals surface area contributed by atoms with Crippen molar-refractivity contribution in [2.24, 2.45) is 0 Å². The molecule has 0 atom stereocenters. The highest BCUT2D eigenvalue weighted by Gasteiger charge is 2.09. The molecule has 2 aromatic rings. The number of aromatic hydroxyl groups is 1. The van der Waals surface area contributed by atoms with Gasteiger partial charge in [0.2, 0.25) is 5.88 Å². The Kier molecular flexibility index (Phi) is 2.51. The van der Waals surface area contributed by atoms with Crippen molar-refractivity contribution in [2.45, 2.75) is 0 Å². The largest absolute Gasteiger partial charge is 0.492 e. The van der Waals surface area contributed by atoms with Crippen molar-refractivity contribution >= 4 is 15.9 Å². The third-order valence-corrected chi connectivity index (χ3v) is 2.47. The lowest BCUT2D eigenvalue weighted by atomic mass is 10.3. The number of aromatic amines is 1. The molecular weight excluding hydrogens is 262 g/mol. The van der Waals surface area contributed by atoms with Gasteiger partial charge in [-0.2, -0.15) is 4.98 Å². The number of hydrogen-bond donors (Lipinski definition) is 2. The fourth-order valence-electron chi connectivity index (χ4n) is 1.07. The number of halogens is 1. The first-order chi connectivity index (χ1) is 7.18. The van der Waals surface area contributed by atoms with Crippen molar-refractivity contribution in [3.05, 3.63) is 39.2 Å². The minimum absolute atomic E-state index is 0.0159. The summed E-state index contributed by atoms with van der Waals surface area (Å²) in [5.74, 6) is -0.110. The molecule has 2 rings (SSSR count). The number of nitrogens with zero attached hydrogens (tertiary/aromatic N) is 2. The molecule has 0 fully saturated rings. The van der Waals surface area contributed by atoms with Crippen LogP contribution in [0.3, 0.4) is 0 Å². The summed E-state index contributed by atoms with van der Waals surface area (Å²) in [6, 6.07) is 5.20. The van der Waals surface area contributed by atoms with E-state index in [1.807, 2.05) is 0 Å². The molecule has 0 unspecified atom stereocenters. The summed E-state index contributed by atoms with van der Waals surface area (Å²) in [4.78, 5) is 21.6. The van der Waals surface area contributed by atoms with Gasteiger partial charge in [-0.25, -0.2) is 0 Å². The average Bonchev–Trinajstić information content (AvgIpc) is 2.26. The first-order valence-corrected chi connectivity index (χ1v) is 4.88. The van der Waals surface area contributed by atoms with Crippen molar-refractivity contribution in [3.63, 3.8) is 0 Å². The molecule has 0 bridgehead atoms. The van der Waals surface area contributed by atoms with Gasteiger partial charge in [-0.05, 0) is 28.1 Å². The fourth-order valence-corrected chi connectivity index (χ4v) is 1.26. The molecular formula is C9H6BrN3O2. The average molecular weight is 268 g/mol. The van der Waals surface area contributed by atoms with Crippen molar-refractivity contribution in [2.75, 3.05) is 0 Å². The first-order valence-electron chi connectivity index (χ1n) is 4.08. The standard InChI is InChI=1S/C9H6BrN3O2/c10-6-8(14)12-7(13-9(6)15)5-3-1-2-4-11-5/h1-4H,(H2,12,13,14,15). The number of H-pyrrole nitrogens is 1. The summed E-state index contributed by atoms with van der Waals surface area (Å²) >= 11 is 2.91. The van der Waals surface area contributed by atoms with Gasteiger partial charge in [-0.1, -0.05) is 6.07 Å². The van der Waals surface area contributed by atoms with Crippen LogP contribution in [0.1, 0.15) is 0 Å². The molecule has 5 nitrogen and oxygen atoms in total. The molecule has 6 heteroatoms. The van der Waals surface area contributed by atoms with Gasteiger partial charge < -0.3 is 10.1 Å². The zero-order valence-corrected chi connectivity index (χ0v) is 9.02. The van der Waals surface area contributed by atoms with E-state index in [1.54, 1.807) is 24.4 Å². The number of aromatic nitrogens is 3. The fraction of sp³-hybridized carbons (Fsp3) is 0. The van der Waals surface area contributed by atoms with Crippen molar-refractivity contribution in [3.8, 4) is 17.4 Å². The first kappa shape index (κ1) is 9.85. The quantitative estimate of drug-likeness (QED) is 0.817. The van der Waals surface area contributed by atoms with E-state index in [2.05, 4.69) is 30.9 Å². The second kappa shape index (κ2) is 3.82. The van der Waals surface area contributed by atoms with Crippen molar-refractivity contribution in [1.29, 1.82) is 0 Å². The molecule has 0 aromatic carbocycles. The lowest BCUT2D eigenvalue weighted by Crippen LogP contribution is -2.10. The highest BCUT2D eigenvalue weighted by atomic mass is 79.9. The smallest absolute Gasteiger partial charge is 0.269 e. The summed E-state index contributed by atoms with van der Waals surface area (Å²) in [5, 5.41) is 9.34. The normalized spacial score (nSPS) is 10.2. The maximum atomic E-state index is 11.3. The van der Waals surface area contributed by atoms with Gasteiger partial charge in [0.1, 0.15) is 10.2 Å². The van der Waals surface area contributed by atoms with E-state index in [0.29, 0.717) is 5.69 Å². The number of nitrogens with one attached hydrogen (secondary N) is 1. The molecule has 2 heterocycles. The monoisotopic (exact) mass is 267 g/mol. The van der Waals surface area contributed by atoms with Crippen LogP contribution in [0.5, 0.6) is 5.88 Å². The van der Waals surface area contributed by atoms with Crippen LogP contribution in [-0.2, 0) is 0 Å². The SMILES string of the molecule is O=c1[nH]c(-c2ccccn2)nc(O)c1Br. The third-order valence-electron chi connectivity index (χ3n) is 1.75. The minimum Gasteiger partial charge on any atom is -0.492 e. The van der Waals surface area contributed by atoms with Gasteiger partial charge in [0, 0.05) is 6.20 Å². The Hall–Kier alpha value is -1.69. The van der Waals surface area contributed by atoms with Gasteiger partial charge in [0.15, 0.2) is 5.82 Å². The number of hydrogen-bond acceptors (Lipinski definition) is 4. The molecule has 0 amide bonds. The van der Waals surface area contributed by atoms with Crippen molar-refractivity contribution < 1.29 is 5.11 Å². The summed E-state index contributed by atoms with van der Waals surface area (Å²) in [6.07, 6.45) is 1.58. The van der Waals surface area contributed by atoms with E-state index in [4.69, 9.17) is 0 Å². The van der Waals surface area contributed by atoms with Gasteiger partial charge in [-0.15, -0.1) is 0 Å². The molecule has 0 spiro atoms. The van der Waals surface area contributed by atoms with Gasteiger partial charge in [0.05, 0.1) is 0 Å². The van der Waals surface area contributed by atoms with Crippen LogP contribution in [0.15, 0.2) is 33.7 Å².